The summed E-state index contributed by atoms with van der Waals surface area (Å²) in [5.41, 5.74) is 0.493. The van der Waals surface area contributed by atoms with Crippen molar-refractivity contribution in [1.29, 1.82) is 0 Å². The number of benzene rings is 1. The molecule has 0 spiro atoms. The molecule has 23 heavy (non-hydrogen) atoms. The summed E-state index contributed by atoms with van der Waals surface area (Å²) in [6.45, 7) is 7.84. The highest BCUT2D eigenvalue weighted by molar-refractivity contribution is 6.35. The van der Waals surface area contributed by atoms with Crippen LogP contribution in [0.5, 0.6) is 0 Å². The van der Waals surface area contributed by atoms with Crippen LogP contribution in [-0.4, -0.2) is 35.7 Å². The van der Waals surface area contributed by atoms with Gasteiger partial charge in [0.2, 0.25) is 0 Å². The third-order valence-corrected chi connectivity index (χ3v) is 5.13. The van der Waals surface area contributed by atoms with Gasteiger partial charge in [0.1, 0.15) is 5.60 Å². The number of nitrogens with zero attached hydrogens (tertiary/aromatic N) is 1. The number of ether oxygens (including phenoxy) is 1. The second-order valence-electron chi connectivity index (χ2n) is 7.32. The van der Waals surface area contributed by atoms with Crippen LogP contribution in [0, 0.1) is 11.8 Å². The van der Waals surface area contributed by atoms with E-state index in [1.165, 1.54) is 0 Å². The molecule has 126 valence electrons. The maximum absolute atomic E-state index is 12.1. The Labute approximate surface area is 147 Å². The van der Waals surface area contributed by atoms with Gasteiger partial charge in [0.05, 0.1) is 0 Å². The van der Waals surface area contributed by atoms with Crippen LogP contribution in [0.3, 0.4) is 0 Å². The number of rotatable bonds is 3. The molecular formula is C17H22Cl2N2O2. The number of halogens is 2. The lowest BCUT2D eigenvalue weighted by Crippen LogP contribution is -2.39. The standard InChI is InChI=1S/C17H22Cl2N2O2/c1-17(2,3)23-16(22)21-8-11-12(9-21)15(11)20-7-10-13(18)5-4-6-14(10)19/h4-6,11-12,15,20H,7-9H2,1-3H3. The van der Waals surface area contributed by atoms with Crippen molar-refractivity contribution in [3.63, 3.8) is 0 Å². The Bertz CT molecular complexity index is 583. The van der Waals surface area contributed by atoms with E-state index in [2.05, 4.69) is 5.32 Å². The second-order valence-corrected chi connectivity index (χ2v) is 8.13. The second kappa shape index (κ2) is 6.15. The molecule has 0 bridgehead atoms. The van der Waals surface area contributed by atoms with Gasteiger partial charge < -0.3 is 15.0 Å². The number of hydrogen-bond acceptors (Lipinski definition) is 3. The SMILES string of the molecule is CC(C)(C)OC(=O)N1CC2C(C1)C2NCc1c(Cl)cccc1Cl. The molecule has 2 atom stereocenters. The summed E-state index contributed by atoms with van der Waals surface area (Å²) in [4.78, 5) is 13.9. The minimum Gasteiger partial charge on any atom is -0.444 e. The lowest BCUT2D eigenvalue weighted by Gasteiger charge is -2.26. The fraction of sp³-hybridized carbons (Fsp3) is 0.588. The number of hydrogen-bond donors (Lipinski definition) is 1. The molecule has 1 N–H and O–H groups in total. The van der Waals surface area contributed by atoms with Gasteiger partial charge >= 0.3 is 6.09 Å². The maximum atomic E-state index is 12.1. The topological polar surface area (TPSA) is 41.6 Å². The number of carbonyl (C=O) groups excluding carboxylic acids is 1. The van der Waals surface area contributed by atoms with E-state index in [9.17, 15) is 4.79 Å². The Kier molecular flexibility index (Phi) is 4.51. The zero-order chi connectivity index (χ0) is 16.8. The molecule has 4 nitrogen and oxygen atoms in total. The Balaban J connectivity index is 1.48. The van der Waals surface area contributed by atoms with Crippen LogP contribution in [-0.2, 0) is 11.3 Å². The summed E-state index contributed by atoms with van der Waals surface area (Å²) in [6, 6.07) is 5.98. The minimum absolute atomic E-state index is 0.211. The fourth-order valence-electron chi connectivity index (χ4n) is 3.23. The van der Waals surface area contributed by atoms with Crippen molar-refractivity contribution in [2.75, 3.05) is 13.1 Å². The first-order valence-electron chi connectivity index (χ1n) is 7.90. The Morgan fingerprint density at radius 3 is 2.35 bits per heavy atom. The van der Waals surface area contributed by atoms with Crippen LogP contribution in [0.2, 0.25) is 10.0 Å². The van der Waals surface area contributed by atoms with Crippen LogP contribution >= 0.6 is 23.2 Å². The van der Waals surface area contributed by atoms with Crippen molar-refractivity contribution in [2.24, 2.45) is 11.8 Å². The van der Waals surface area contributed by atoms with Gasteiger partial charge in [0.25, 0.3) is 0 Å². The van der Waals surface area contributed by atoms with Gasteiger partial charge in [-0.2, -0.15) is 0 Å². The van der Waals surface area contributed by atoms with Crippen molar-refractivity contribution in [1.82, 2.24) is 10.2 Å². The van der Waals surface area contributed by atoms with Gasteiger partial charge in [-0.25, -0.2) is 4.79 Å². The van der Waals surface area contributed by atoms with E-state index in [0.29, 0.717) is 34.5 Å². The molecule has 2 fully saturated rings. The third kappa shape index (κ3) is 3.76. The van der Waals surface area contributed by atoms with Gasteiger partial charge in [-0.05, 0) is 44.7 Å². The summed E-state index contributed by atoms with van der Waals surface area (Å²) >= 11 is 12.4. The van der Waals surface area contributed by atoms with E-state index in [-0.39, 0.29) is 6.09 Å². The van der Waals surface area contributed by atoms with Crippen molar-refractivity contribution >= 4 is 29.3 Å². The normalized spacial score (nSPS) is 26.1. The molecule has 2 aliphatic rings. The summed E-state index contributed by atoms with van der Waals surface area (Å²) in [7, 11) is 0. The van der Waals surface area contributed by atoms with Crippen LogP contribution < -0.4 is 5.32 Å². The summed E-state index contributed by atoms with van der Waals surface area (Å²) in [5.74, 6) is 1.01. The van der Waals surface area contributed by atoms with Crippen LogP contribution in [0.1, 0.15) is 26.3 Å². The molecule has 2 unspecified atom stereocenters. The van der Waals surface area contributed by atoms with Crippen molar-refractivity contribution in [3.05, 3.63) is 33.8 Å². The minimum atomic E-state index is -0.442. The van der Waals surface area contributed by atoms with Gasteiger partial charge in [-0.15, -0.1) is 0 Å². The highest BCUT2D eigenvalue weighted by Gasteiger charge is 2.56. The van der Waals surface area contributed by atoms with Crippen molar-refractivity contribution < 1.29 is 9.53 Å². The molecule has 0 radical (unpaired) electrons. The summed E-state index contributed by atoms with van der Waals surface area (Å²) in [5, 5.41) is 4.89. The molecule has 1 saturated carbocycles. The first kappa shape index (κ1) is 16.9. The maximum Gasteiger partial charge on any atom is 0.410 e. The smallest absolute Gasteiger partial charge is 0.410 e. The number of carbonyl (C=O) groups is 1. The Morgan fingerprint density at radius 2 is 1.83 bits per heavy atom. The molecule has 1 heterocycles. The number of likely N-dealkylation sites (tertiary alicyclic amines) is 1. The Hall–Kier alpha value is -0.970. The first-order valence-corrected chi connectivity index (χ1v) is 8.66. The third-order valence-electron chi connectivity index (χ3n) is 4.42. The van der Waals surface area contributed by atoms with E-state index in [1.807, 2.05) is 39.0 Å². The van der Waals surface area contributed by atoms with Gasteiger partial charge in [0.15, 0.2) is 0 Å². The lowest BCUT2D eigenvalue weighted by molar-refractivity contribution is 0.0269. The van der Waals surface area contributed by atoms with E-state index >= 15 is 0 Å². The highest BCUT2D eigenvalue weighted by Crippen LogP contribution is 2.46. The number of amides is 1. The van der Waals surface area contributed by atoms with E-state index in [0.717, 1.165) is 18.7 Å². The van der Waals surface area contributed by atoms with Crippen LogP contribution in [0.15, 0.2) is 18.2 Å². The van der Waals surface area contributed by atoms with Crippen LogP contribution in [0.25, 0.3) is 0 Å². The average Bonchev–Trinajstić information content (AvgIpc) is 2.89. The van der Waals surface area contributed by atoms with E-state index < -0.39 is 5.60 Å². The summed E-state index contributed by atoms with van der Waals surface area (Å²) in [6.07, 6.45) is -0.211. The zero-order valence-corrected chi connectivity index (χ0v) is 15.1. The molecule has 1 amide bonds. The quantitative estimate of drug-likeness (QED) is 0.891. The number of fused-ring (bicyclic) bond motifs is 1. The predicted molar refractivity (Wildman–Crippen MR) is 91.9 cm³/mol. The monoisotopic (exact) mass is 356 g/mol. The highest BCUT2D eigenvalue weighted by atomic mass is 35.5. The number of nitrogens with one attached hydrogen (secondary N) is 1. The molecule has 1 aromatic carbocycles. The van der Waals surface area contributed by atoms with Gasteiger partial charge in [-0.1, -0.05) is 29.3 Å². The molecule has 1 aliphatic heterocycles. The average molecular weight is 357 g/mol. The molecule has 1 aliphatic carbocycles. The molecule has 1 saturated heterocycles. The molecule has 6 heteroatoms. The first-order chi connectivity index (χ1) is 10.8. The fourth-order valence-corrected chi connectivity index (χ4v) is 3.76. The zero-order valence-electron chi connectivity index (χ0n) is 13.6. The summed E-state index contributed by atoms with van der Waals surface area (Å²) < 4.78 is 5.42. The predicted octanol–water partition coefficient (Wildman–Crippen LogP) is 3.95. The van der Waals surface area contributed by atoms with Gasteiger partial charge in [-0.3, -0.25) is 0 Å². The Morgan fingerprint density at radius 1 is 1.26 bits per heavy atom. The number of piperidine rings is 1. The van der Waals surface area contributed by atoms with Gasteiger partial charge in [0, 0.05) is 41.3 Å². The van der Waals surface area contributed by atoms with Crippen LogP contribution in [0.4, 0.5) is 4.79 Å². The largest absolute Gasteiger partial charge is 0.444 e. The van der Waals surface area contributed by atoms with Crippen molar-refractivity contribution in [3.8, 4) is 0 Å². The lowest BCUT2D eigenvalue weighted by atomic mass is 10.2. The van der Waals surface area contributed by atoms with Crippen molar-refractivity contribution in [2.45, 2.75) is 39.0 Å². The van der Waals surface area contributed by atoms with E-state index in [4.69, 9.17) is 27.9 Å². The molecule has 0 aromatic heterocycles. The molecule has 1 aromatic rings. The van der Waals surface area contributed by atoms with E-state index in [1.54, 1.807) is 4.90 Å². The molecule has 3 rings (SSSR count). The molecular weight excluding hydrogens is 335 g/mol.